The van der Waals surface area contributed by atoms with Crippen LogP contribution in [0, 0.1) is 12.7 Å². The molecule has 0 aliphatic heterocycles. The second-order valence-corrected chi connectivity index (χ2v) is 7.12. The van der Waals surface area contributed by atoms with Crippen LogP contribution in [-0.4, -0.2) is 38.1 Å². The van der Waals surface area contributed by atoms with Crippen molar-refractivity contribution in [2.24, 2.45) is 0 Å². The summed E-state index contributed by atoms with van der Waals surface area (Å²) < 4.78 is 39.9. The Hall–Kier alpha value is -2.78. The van der Waals surface area contributed by atoms with Gasteiger partial charge in [-0.3, -0.25) is 14.8 Å². The Balaban J connectivity index is 2.79. The third kappa shape index (κ3) is 3.52. The molecule has 2 aromatic rings. The minimum atomic E-state index is -4.15. The molecule has 2 N–H and O–H groups in total. The van der Waals surface area contributed by atoms with E-state index in [9.17, 15) is 27.6 Å². The molecule has 0 bridgehead atoms. The molecule has 0 heterocycles. The summed E-state index contributed by atoms with van der Waals surface area (Å²) in [4.78, 5) is 22.4. The zero-order chi connectivity index (χ0) is 18.8. The SMILES string of the molecule is Cc1cccc(S(=O)(=O)c2ccc(F)c(C(=O)N(C)O)c2NC=O)c1. The second kappa shape index (κ2) is 6.99. The topological polar surface area (TPSA) is 104 Å². The van der Waals surface area contributed by atoms with Crippen LogP contribution < -0.4 is 5.32 Å². The fraction of sp³-hybridized carbons (Fsp3) is 0.125. The van der Waals surface area contributed by atoms with Gasteiger partial charge in [0.2, 0.25) is 16.2 Å². The maximum atomic E-state index is 14.1. The molecule has 7 nitrogen and oxygen atoms in total. The van der Waals surface area contributed by atoms with Crippen molar-refractivity contribution in [2.45, 2.75) is 16.7 Å². The molecule has 0 aliphatic carbocycles. The molecule has 0 fully saturated rings. The van der Waals surface area contributed by atoms with Gasteiger partial charge in [0.15, 0.2) is 0 Å². The number of anilines is 1. The molecule has 0 saturated carbocycles. The number of carbonyl (C=O) groups is 2. The van der Waals surface area contributed by atoms with Gasteiger partial charge >= 0.3 is 0 Å². The van der Waals surface area contributed by atoms with Crippen molar-refractivity contribution in [1.82, 2.24) is 5.06 Å². The monoisotopic (exact) mass is 366 g/mol. The molecule has 25 heavy (non-hydrogen) atoms. The van der Waals surface area contributed by atoms with Crippen molar-refractivity contribution in [1.29, 1.82) is 0 Å². The van der Waals surface area contributed by atoms with Crippen LogP contribution in [-0.2, 0) is 14.6 Å². The van der Waals surface area contributed by atoms with Crippen molar-refractivity contribution in [3.05, 3.63) is 53.3 Å². The molecule has 2 aromatic carbocycles. The molecule has 2 amide bonds. The smallest absolute Gasteiger partial charge is 0.282 e. The average Bonchev–Trinajstić information content (AvgIpc) is 2.54. The largest absolute Gasteiger partial charge is 0.327 e. The molecule has 0 aliphatic rings. The molecule has 0 atom stereocenters. The number of benzene rings is 2. The van der Waals surface area contributed by atoms with Crippen molar-refractivity contribution in [3.63, 3.8) is 0 Å². The summed E-state index contributed by atoms with van der Waals surface area (Å²) in [6.45, 7) is 1.70. The summed E-state index contributed by atoms with van der Waals surface area (Å²) in [7, 11) is -3.20. The highest BCUT2D eigenvalue weighted by atomic mass is 32.2. The van der Waals surface area contributed by atoms with Gasteiger partial charge in [-0.05, 0) is 36.8 Å². The highest BCUT2D eigenvalue weighted by Crippen LogP contribution is 2.32. The van der Waals surface area contributed by atoms with Crippen molar-refractivity contribution in [2.75, 3.05) is 12.4 Å². The first-order valence-corrected chi connectivity index (χ1v) is 8.50. The molecule has 0 saturated heterocycles. The van der Waals surface area contributed by atoms with Crippen LogP contribution in [0.25, 0.3) is 0 Å². The lowest BCUT2D eigenvalue weighted by Gasteiger charge is -2.16. The van der Waals surface area contributed by atoms with E-state index in [1.54, 1.807) is 13.0 Å². The number of rotatable bonds is 5. The van der Waals surface area contributed by atoms with E-state index in [1.807, 2.05) is 0 Å². The molecular weight excluding hydrogens is 351 g/mol. The zero-order valence-corrected chi connectivity index (χ0v) is 14.2. The Morgan fingerprint density at radius 1 is 1.28 bits per heavy atom. The van der Waals surface area contributed by atoms with Gasteiger partial charge in [-0.2, -0.15) is 0 Å². The van der Waals surface area contributed by atoms with Crippen LogP contribution in [0.15, 0.2) is 46.2 Å². The zero-order valence-electron chi connectivity index (χ0n) is 13.4. The van der Waals surface area contributed by atoms with Crippen LogP contribution >= 0.6 is 0 Å². The lowest BCUT2D eigenvalue weighted by atomic mass is 10.1. The van der Waals surface area contributed by atoms with E-state index in [0.29, 0.717) is 5.56 Å². The third-order valence-corrected chi connectivity index (χ3v) is 5.21. The van der Waals surface area contributed by atoms with Gasteiger partial charge < -0.3 is 5.32 Å². The number of nitrogens with one attached hydrogen (secondary N) is 1. The summed E-state index contributed by atoms with van der Waals surface area (Å²) in [5.41, 5.74) is -0.618. The molecular formula is C16H15FN2O5S. The number of hydrogen-bond acceptors (Lipinski definition) is 5. The van der Waals surface area contributed by atoms with Gasteiger partial charge in [-0.25, -0.2) is 17.9 Å². The van der Waals surface area contributed by atoms with E-state index < -0.39 is 37.7 Å². The second-order valence-electron chi connectivity index (χ2n) is 5.21. The van der Waals surface area contributed by atoms with Crippen LogP contribution in [0.3, 0.4) is 0 Å². The number of halogens is 1. The normalized spacial score (nSPS) is 11.0. The van der Waals surface area contributed by atoms with E-state index in [0.717, 1.165) is 19.2 Å². The van der Waals surface area contributed by atoms with E-state index in [1.165, 1.54) is 18.2 Å². The van der Waals surface area contributed by atoms with E-state index in [2.05, 4.69) is 5.32 Å². The van der Waals surface area contributed by atoms with Gasteiger partial charge in [-0.15, -0.1) is 0 Å². The summed E-state index contributed by atoms with van der Waals surface area (Å²) in [6, 6.07) is 7.72. The van der Waals surface area contributed by atoms with Crippen molar-refractivity contribution in [3.8, 4) is 0 Å². The Morgan fingerprint density at radius 2 is 1.96 bits per heavy atom. The molecule has 2 rings (SSSR count). The number of aryl methyl sites for hydroxylation is 1. The predicted octanol–water partition coefficient (Wildman–Crippen LogP) is 2.00. The van der Waals surface area contributed by atoms with Gasteiger partial charge in [0.1, 0.15) is 11.4 Å². The lowest BCUT2D eigenvalue weighted by Crippen LogP contribution is -2.25. The van der Waals surface area contributed by atoms with Crippen molar-refractivity contribution < 1.29 is 27.6 Å². The minimum Gasteiger partial charge on any atom is -0.327 e. The Morgan fingerprint density at radius 3 is 2.52 bits per heavy atom. The standard InChI is InChI=1S/C16H15FN2O5S/c1-10-4-3-5-11(8-10)25(23,24)13-7-6-12(17)14(15(13)18-9-20)16(21)19(2)22/h3-9,22H,1-2H3,(H,18,20). The summed E-state index contributed by atoms with van der Waals surface area (Å²) in [6.07, 6.45) is 0.123. The number of amides is 2. The quantitative estimate of drug-likeness (QED) is 0.365. The first-order valence-electron chi connectivity index (χ1n) is 7.01. The molecule has 0 radical (unpaired) electrons. The maximum Gasteiger partial charge on any atom is 0.282 e. The number of nitrogens with zero attached hydrogens (tertiary/aromatic N) is 1. The van der Waals surface area contributed by atoms with E-state index in [-0.39, 0.29) is 16.4 Å². The number of sulfone groups is 1. The minimum absolute atomic E-state index is 0.0798. The number of hydroxylamine groups is 2. The molecule has 132 valence electrons. The number of carbonyl (C=O) groups excluding carboxylic acids is 2. The highest BCUT2D eigenvalue weighted by molar-refractivity contribution is 7.91. The van der Waals surface area contributed by atoms with Gasteiger partial charge in [-0.1, -0.05) is 12.1 Å². The highest BCUT2D eigenvalue weighted by Gasteiger charge is 2.29. The summed E-state index contributed by atoms with van der Waals surface area (Å²) in [5, 5.41) is 11.4. The van der Waals surface area contributed by atoms with Crippen molar-refractivity contribution >= 4 is 27.8 Å². The van der Waals surface area contributed by atoms with E-state index >= 15 is 0 Å². The maximum absolute atomic E-state index is 14.1. The van der Waals surface area contributed by atoms with Gasteiger partial charge in [0.25, 0.3) is 5.91 Å². The van der Waals surface area contributed by atoms with Gasteiger partial charge in [0, 0.05) is 7.05 Å². The fourth-order valence-electron chi connectivity index (χ4n) is 2.26. The molecule has 0 unspecified atom stereocenters. The van der Waals surface area contributed by atoms with Crippen LogP contribution in [0.2, 0.25) is 0 Å². The molecule has 0 spiro atoms. The average molecular weight is 366 g/mol. The van der Waals surface area contributed by atoms with Crippen LogP contribution in [0.1, 0.15) is 15.9 Å². The van der Waals surface area contributed by atoms with E-state index in [4.69, 9.17) is 0 Å². The Labute approximate surface area is 143 Å². The Kier molecular flexibility index (Phi) is 5.19. The molecule has 0 aromatic heterocycles. The summed E-state index contributed by atoms with van der Waals surface area (Å²) >= 11 is 0. The summed E-state index contributed by atoms with van der Waals surface area (Å²) in [5.74, 6) is -2.29. The number of hydrogen-bond donors (Lipinski definition) is 2. The molecule has 9 heteroatoms. The Bertz CT molecular complexity index is 942. The first kappa shape index (κ1) is 18.6. The third-order valence-electron chi connectivity index (χ3n) is 3.42. The first-order chi connectivity index (χ1) is 11.7. The fourth-order valence-corrected chi connectivity index (χ4v) is 3.79. The van der Waals surface area contributed by atoms with Crippen LogP contribution in [0.4, 0.5) is 10.1 Å². The van der Waals surface area contributed by atoms with Gasteiger partial charge in [0.05, 0.1) is 15.5 Å². The van der Waals surface area contributed by atoms with Crippen LogP contribution in [0.5, 0.6) is 0 Å². The predicted molar refractivity (Wildman–Crippen MR) is 86.6 cm³/mol. The lowest BCUT2D eigenvalue weighted by molar-refractivity contribution is -0.105.